The zero-order valence-electron chi connectivity index (χ0n) is 20.4. The lowest BCUT2D eigenvalue weighted by molar-refractivity contribution is -0.140. The first-order chi connectivity index (χ1) is 17.0. The van der Waals surface area contributed by atoms with E-state index in [1.807, 2.05) is 66.7 Å². The number of hydrogen-bond acceptors (Lipinski definition) is 3. The summed E-state index contributed by atoms with van der Waals surface area (Å²) in [6.45, 7) is 2.98. The fourth-order valence-corrected chi connectivity index (χ4v) is 3.99. The summed E-state index contributed by atoms with van der Waals surface area (Å²) < 4.78 is 5.27. The molecule has 5 nitrogen and oxygen atoms in total. The van der Waals surface area contributed by atoms with Gasteiger partial charge in [0, 0.05) is 24.5 Å². The van der Waals surface area contributed by atoms with Crippen molar-refractivity contribution in [1.82, 2.24) is 10.2 Å². The molecule has 3 aromatic rings. The lowest BCUT2D eigenvalue weighted by Gasteiger charge is -2.32. The van der Waals surface area contributed by atoms with Crippen LogP contribution in [0.25, 0.3) is 0 Å². The van der Waals surface area contributed by atoms with Crippen molar-refractivity contribution in [2.45, 2.75) is 45.2 Å². The second-order valence-electron chi connectivity index (χ2n) is 8.52. The molecule has 1 atom stereocenters. The molecule has 0 aliphatic rings. The molecule has 0 heterocycles. The number of nitrogens with zero attached hydrogens (tertiary/aromatic N) is 1. The van der Waals surface area contributed by atoms with Crippen LogP contribution in [0.2, 0.25) is 5.02 Å². The average Bonchev–Trinajstić information content (AvgIpc) is 2.88. The van der Waals surface area contributed by atoms with E-state index in [1.165, 1.54) is 0 Å². The van der Waals surface area contributed by atoms with Crippen LogP contribution in [0.3, 0.4) is 0 Å². The lowest BCUT2D eigenvalue weighted by atomic mass is 10.0. The monoisotopic (exact) mass is 492 g/mol. The highest BCUT2D eigenvalue weighted by molar-refractivity contribution is 6.30. The molecule has 0 fully saturated rings. The Kier molecular flexibility index (Phi) is 10.2. The normalized spacial score (nSPS) is 11.5. The summed E-state index contributed by atoms with van der Waals surface area (Å²) in [7, 11) is 1.62. The van der Waals surface area contributed by atoms with Crippen molar-refractivity contribution in [3.05, 3.63) is 101 Å². The average molecular weight is 493 g/mol. The van der Waals surface area contributed by atoms with Gasteiger partial charge < -0.3 is 15.0 Å². The van der Waals surface area contributed by atoms with Crippen molar-refractivity contribution in [3.8, 4) is 5.75 Å². The van der Waals surface area contributed by atoms with E-state index >= 15 is 0 Å². The Hall–Kier alpha value is -3.31. The number of nitrogens with one attached hydrogen (secondary N) is 1. The second-order valence-corrected chi connectivity index (χ2v) is 8.96. The molecule has 1 unspecified atom stereocenters. The van der Waals surface area contributed by atoms with Gasteiger partial charge in [0.15, 0.2) is 0 Å². The predicted molar refractivity (Wildman–Crippen MR) is 141 cm³/mol. The maximum absolute atomic E-state index is 13.7. The van der Waals surface area contributed by atoms with Crippen LogP contribution in [0.5, 0.6) is 5.75 Å². The number of amides is 2. The number of methoxy groups -OCH3 is 1. The van der Waals surface area contributed by atoms with Gasteiger partial charge in [0.05, 0.1) is 13.5 Å². The van der Waals surface area contributed by atoms with E-state index < -0.39 is 6.04 Å². The summed E-state index contributed by atoms with van der Waals surface area (Å²) in [5.41, 5.74) is 2.78. The Morgan fingerprint density at radius 1 is 0.914 bits per heavy atom. The summed E-state index contributed by atoms with van der Waals surface area (Å²) in [6.07, 6.45) is 2.48. The summed E-state index contributed by atoms with van der Waals surface area (Å²) in [6, 6.07) is 24.0. The number of ether oxygens (including phenoxy) is 1. The van der Waals surface area contributed by atoms with Gasteiger partial charge in [-0.2, -0.15) is 0 Å². The van der Waals surface area contributed by atoms with Crippen molar-refractivity contribution >= 4 is 23.4 Å². The number of unbranched alkanes of at least 4 members (excludes halogenated alkanes) is 1. The molecule has 0 spiro atoms. The second kappa shape index (κ2) is 13.5. The molecule has 1 N–H and O–H groups in total. The Morgan fingerprint density at radius 3 is 2.20 bits per heavy atom. The van der Waals surface area contributed by atoms with Gasteiger partial charge in [-0.15, -0.1) is 0 Å². The molecule has 35 heavy (non-hydrogen) atoms. The summed E-state index contributed by atoms with van der Waals surface area (Å²) in [5.74, 6) is 0.487. The highest BCUT2D eigenvalue weighted by Crippen LogP contribution is 2.19. The van der Waals surface area contributed by atoms with E-state index in [2.05, 4.69) is 12.2 Å². The van der Waals surface area contributed by atoms with E-state index in [1.54, 1.807) is 24.1 Å². The van der Waals surface area contributed by atoms with Crippen LogP contribution in [0.1, 0.15) is 36.5 Å². The first-order valence-corrected chi connectivity index (χ1v) is 12.4. The number of halogens is 1. The molecule has 3 rings (SSSR count). The van der Waals surface area contributed by atoms with Crippen molar-refractivity contribution in [2.24, 2.45) is 0 Å². The van der Waals surface area contributed by atoms with Crippen molar-refractivity contribution < 1.29 is 14.3 Å². The minimum absolute atomic E-state index is 0.116. The van der Waals surface area contributed by atoms with Gasteiger partial charge in [-0.1, -0.05) is 79.5 Å². The third kappa shape index (κ3) is 8.15. The Bertz CT molecular complexity index is 1070. The third-order valence-corrected chi connectivity index (χ3v) is 6.13. The highest BCUT2D eigenvalue weighted by atomic mass is 35.5. The molecule has 0 bridgehead atoms. The summed E-state index contributed by atoms with van der Waals surface area (Å²) >= 11 is 6.03. The van der Waals surface area contributed by atoms with Crippen LogP contribution in [-0.4, -0.2) is 36.4 Å². The van der Waals surface area contributed by atoms with E-state index in [0.29, 0.717) is 24.5 Å². The SMILES string of the molecule is CCCCNC(=O)C(Cc1ccccc1)N(Cc1ccc(OC)cc1)C(=O)Cc1ccc(Cl)cc1. The maximum Gasteiger partial charge on any atom is 0.243 e. The lowest BCUT2D eigenvalue weighted by Crippen LogP contribution is -2.51. The molecule has 0 saturated carbocycles. The quantitative estimate of drug-likeness (QED) is 0.342. The predicted octanol–water partition coefficient (Wildman–Crippen LogP) is 5.45. The minimum atomic E-state index is -0.642. The molecule has 6 heteroatoms. The molecule has 0 aromatic heterocycles. The number of carbonyl (C=O) groups excluding carboxylic acids is 2. The van der Waals surface area contributed by atoms with E-state index in [4.69, 9.17) is 16.3 Å². The highest BCUT2D eigenvalue weighted by Gasteiger charge is 2.30. The molecule has 0 radical (unpaired) electrons. The van der Waals surface area contributed by atoms with Gasteiger partial charge in [-0.25, -0.2) is 0 Å². The fourth-order valence-electron chi connectivity index (χ4n) is 3.87. The molecule has 0 aliphatic heterocycles. The molecule has 0 aliphatic carbocycles. The van der Waals surface area contributed by atoms with Gasteiger partial charge in [0.2, 0.25) is 11.8 Å². The van der Waals surface area contributed by atoms with Crippen molar-refractivity contribution in [1.29, 1.82) is 0 Å². The zero-order valence-corrected chi connectivity index (χ0v) is 21.1. The van der Waals surface area contributed by atoms with Gasteiger partial charge in [-0.3, -0.25) is 9.59 Å². The van der Waals surface area contributed by atoms with Crippen LogP contribution in [0.15, 0.2) is 78.9 Å². The van der Waals surface area contributed by atoms with Crippen LogP contribution in [-0.2, 0) is 29.0 Å². The molecular weight excluding hydrogens is 460 g/mol. The topological polar surface area (TPSA) is 58.6 Å². The number of benzene rings is 3. The molecule has 184 valence electrons. The van der Waals surface area contributed by atoms with E-state index in [9.17, 15) is 9.59 Å². The molecule has 2 amide bonds. The van der Waals surface area contributed by atoms with Crippen LogP contribution in [0, 0.1) is 0 Å². The number of rotatable bonds is 12. The van der Waals surface area contributed by atoms with Crippen molar-refractivity contribution in [2.75, 3.05) is 13.7 Å². The van der Waals surface area contributed by atoms with Crippen molar-refractivity contribution in [3.63, 3.8) is 0 Å². The molecule has 3 aromatic carbocycles. The fraction of sp³-hybridized carbons (Fsp3) is 0.310. The Balaban J connectivity index is 1.92. The van der Waals surface area contributed by atoms with Gasteiger partial charge in [0.25, 0.3) is 0 Å². The third-order valence-electron chi connectivity index (χ3n) is 5.88. The van der Waals surface area contributed by atoms with Crippen LogP contribution in [0.4, 0.5) is 0 Å². The number of carbonyl (C=O) groups is 2. The minimum Gasteiger partial charge on any atom is -0.497 e. The number of hydrogen-bond donors (Lipinski definition) is 1. The van der Waals surface area contributed by atoms with Crippen LogP contribution >= 0.6 is 11.6 Å². The first-order valence-electron chi connectivity index (χ1n) is 12.0. The van der Waals surface area contributed by atoms with Gasteiger partial charge in [0.1, 0.15) is 11.8 Å². The van der Waals surface area contributed by atoms with E-state index in [-0.39, 0.29) is 18.2 Å². The zero-order chi connectivity index (χ0) is 25.0. The maximum atomic E-state index is 13.7. The van der Waals surface area contributed by atoms with Gasteiger partial charge in [-0.05, 0) is 47.4 Å². The molecular formula is C29H33ClN2O3. The molecule has 0 saturated heterocycles. The first kappa shape index (κ1) is 26.3. The summed E-state index contributed by atoms with van der Waals surface area (Å²) in [4.78, 5) is 28.8. The Morgan fingerprint density at radius 2 is 1.57 bits per heavy atom. The van der Waals surface area contributed by atoms with E-state index in [0.717, 1.165) is 35.3 Å². The summed E-state index contributed by atoms with van der Waals surface area (Å²) in [5, 5.41) is 3.66. The smallest absolute Gasteiger partial charge is 0.243 e. The van der Waals surface area contributed by atoms with Gasteiger partial charge >= 0.3 is 0 Å². The standard InChI is InChI=1S/C29H33ClN2O3/c1-3-4-18-31-29(34)27(19-22-8-6-5-7-9-22)32(21-24-12-16-26(35-2)17-13-24)28(33)20-23-10-14-25(30)15-11-23/h5-17,27H,3-4,18-21H2,1-2H3,(H,31,34). The largest absolute Gasteiger partial charge is 0.497 e. The van der Waals surface area contributed by atoms with Crippen LogP contribution < -0.4 is 10.1 Å². The Labute approximate surface area is 213 Å².